The Bertz CT molecular complexity index is 32.1. The second kappa shape index (κ2) is 6.27. The summed E-state index contributed by atoms with van der Waals surface area (Å²) < 4.78 is 8.19. The molecule has 4 nitrogen and oxygen atoms in total. The van der Waals surface area contributed by atoms with E-state index in [9.17, 15) is 0 Å². The van der Waals surface area contributed by atoms with Gasteiger partial charge in [-0.05, 0) is 7.05 Å². The zero-order valence-corrected chi connectivity index (χ0v) is 4.97. The number of rotatable bonds is 4. The Morgan fingerprint density at radius 1 is 1.86 bits per heavy atom. The van der Waals surface area contributed by atoms with E-state index in [1.807, 2.05) is 0 Å². The second-order valence-electron chi connectivity index (χ2n) is 0.817. The smallest absolute Gasteiger partial charge is 0.195 e. The van der Waals surface area contributed by atoms with E-state index >= 15 is 0 Å². The fourth-order valence-corrected chi connectivity index (χ4v) is 0.384. The summed E-state index contributed by atoms with van der Waals surface area (Å²) in [6.07, 6.45) is 0. The van der Waals surface area contributed by atoms with Gasteiger partial charge in [0.05, 0.1) is 0 Å². The quantitative estimate of drug-likeness (QED) is 0.185. The molecule has 0 saturated carbocycles. The Balaban J connectivity index is 2.45. The topological polar surface area (TPSA) is 50.7 Å². The average Bonchev–Trinajstić information content (AvgIpc) is 1.69. The van der Waals surface area contributed by atoms with E-state index in [0.29, 0.717) is 6.73 Å². The van der Waals surface area contributed by atoms with E-state index in [1.165, 1.54) is 0 Å². The molecule has 2 N–H and O–H groups in total. The molecule has 0 aromatic heterocycles. The lowest BCUT2D eigenvalue weighted by Crippen LogP contribution is -2.07. The monoisotopic (exact) mass is 125 g/mol. The Hall–Kier alpha value is 0.270. The molecule has 0 heterocycles. The normalized spacial score (nSPS) is 11.1. The molecule has 0 aliphatic heterocycles. The summed E-state index contributed by atoms with van der Waals surface area (Å²) in [5.41, 5.74) is 0. The third-order valence-electron chi connectivity index (χ3n) is 0.313. The van der Waals surface area contributed by atoms with Gasteiger partial charge in [-0.25, -0.2) is 5.26 Å². The van der Waals surface area contributed by atoms with Crippen molar-refractivity contribution in [2.45, 2.75) is 0 Å². The molecule has 44 valence electrons. The van der Waals surface area contributed by atoms with Crippen molar-refractivity contribution in [3.8, 4) is 0 Å². The van der Waals surface area contributed by atoms with E-state index in [0.717, 1.165) is 0 Å². The van der Waals surface area contributed by atoms with Crippen molar-refractivity contribution >= 4 is 9.03 Å². The average molecular weight is 125 g/mol. The maximum absolute atomic E-state index is 7.65. The lowest BCUT2D eigenvalue weighted by molar-refractivity contribution is -0.133. The highest BCUT2D eigenvalue weighted by Gasteiger charge is 1.78. The second-order valence-corrected chi connectivity index (χ2v) is 1.45. The molecule has 0 aliphatic rings. The van der Waals surface area contributed by atoms with Crippen LogP contribution in [-0.2, 0) is 9.20 Å². The van der Waals surface area contributed by atoms with Gasteiger partial charge in [0.25, 0.3) is 0 Å². The summed E-state index contributed by atoms with van der Waals surface area (Å²) in [7, 11) is 1.45. The largest absolute Gasteiger partial charge is 0.319 e. The van der Waals surface area contributed by atoms with E-state index < -0.39 is 0 Å². The minimum Gasteiger partial charge on any atom is -0.319 e. The summed E-state index contributed by atoms with van der Waals surface area (Å²) in [4.78, 5) is 0. The van der Waals surface area contributed by atoms with Crippen LogP contribution in [0, 0.1) is 0 Å². The third-order valence-corrected chi connectivity index (χ3v) is 0.649. The van der Waals surface area contributed by atoms with Crippen molar-refractivity contribution in [3.05, 3.63) is 0 Å². The predicted molar refractivity (Wildman–Crippen MR) is 27.0 cm³/mol. The molecule has 0 bridgehead atoms. The van der Waals surface area contributed by atoms with Crippen LogP contribution in [0.25, 0.3) is 0 Å². The van der Waals surface area contributed by atoms with Gasteiger partial charge in [-0.3, -0.25) is 5.32 Å². The summed E-state index contributed by atoms with van der Waals surface area (Å²) in [5.74, 6) is 0. The van der Waals surface area contributed by atoms with Crippen LogP contribution < -0.4 is 5.32 Å². The van der Waals surface area contributed by atoms with E-state index in [4.69, 9.17) is 5.26 Å². The van der Waals surface area contributed by atoms with E-state index in [-0.39, 0.29) is 9.03 Å². The van der Waals surface area contributed by atoms with E-state index in [2.05, 4.69) is 14.5 Å². The first-order chi connectivity index (χ1) is 3.41. The highest BCUT2D eigenvalue weighted by Crippen LogP contribution is 2.07. The fourth-order valence-electron chi connectivity index (χ4n) is 0.128. The van der Waals surface area contributed by atoms with Gasteiger partial charge in [0, 0.05) is 0 Å². The molecular formula is C2H8NO3P. The highest BCUT2D eigenvalue weighted by atomic mass is 31.1. The highest BCUT2D eigenvalue weighted by molar-refractivity contribution is 7.25. The fraction of sp³-hybridized carbons (Fsp3) is 1.00. The van der Waals surface area contributed by atoms with Crippen LogP contribution in [0.4, 0.5) is 0 Å². The molecule has 7 heavy (non-hydrogen) atoms. The first-order valence-electron chi connectivity index (χ1n) is 1.73. The van der Waals surface area contributed by atoms with Crippen LogP contribution >= 0.6 is 9.03 Å². The van der Waals surface area contributed by atoms with Crippen LogP contribution in [-0.4, -0.2) is 19.0 Å². The van der Waals surface area contributed by atoms with Crippen LogP contribution in [0.5, 0.6) is 0 Å². The Morgan fingerprint density at radius 3 is 3.00 bits per heavy atom. The molecule has 0 rings (SSSR count). The number of hydrogen-bond donors (Lipinski definition) is 2. The van der Waals surface area contributed by atoms with Crippen LogP contribution in [0.1, 0.15) is 0 Å². The Kier molecular flexibility index (Phi) is 6.51. The molecule has 0 spiro atoms. The van der Waals surface area contributed by atoms with Gasteiger partial charge in [0.2, 0.25) is 0 Å². The van der Waals surface area contributed by atoms with Gasteiger partial charge >= 0.3 is 0 Å². The van der Waals surface area contributed by atoms with Gasteiger partial charge in [0.1, 0.15) is 6.73 Å². The van der Waals surface area contributed by atoms with Crippen molar-refractivity contribution in [1.29, 1.82) is 0 Å². The van der Waals surface area contributed by atoms with Crippen molar-refractivity contribution in [1.82, 2.24) is 5.32 Å². The maximum atomic E-state index is 7.65. The Labute approximate surface area is 43.7 Å². The molecule has 0 aromatic rings. The summed E-state index contributed by atoms with van der Waals surface area (Å²) >= 11 is 0. The molecular weight excluding hydrogens is 117 g/mol. The van der Waals surface area contributed by atoms with Crippen LogP contribution in [0.2, 0.25) is 0 Å². The summed E-state index contributed by atoms with van der Waals surface area (Å²) in [6.45, 7) is 0.402. The Morgan fingerprint density at radius 2 is 2.57 bits per heavy atom. The van der Waals surface area contributed by atoms with Crippen molar-refractivity contribution in [3.63, 3.8) is 0 Å². The van der Waals surface area contributed by atoms with Crippen molar-refractivity contribution < 1.29 is 14.5 Å². The molecule has 1 atom stereocenters. The molecule has 0 fully saturated rings. The van der Waals surface area contributed by atoms with Crippen LogP contribution in [0.3, 0.4) is 0 Å². The zero-order chi connectivity index (χ0) is 5.54. The molecule has 5 heteroatoms. The van der Waals surface area contributed by atoms with Gasteiger partial charge in [-0.2, -0.15) is 4.67 Å². The lowest BCUT2D eigenvalue weighted by Gasteiger charge is -1.95. The minimum atomic E-state index is -0.285. The van der Waals surface area contributed by atoms with Crippen molar-refractivity contribution in [2.75, 3.05) is 13.8 Å². The molecule has 0 aromatic carbocycles. The first-order valence-corrected chi connectivity index (χ1v) is 2.55. The number of nitrogens with one attached hydrogen (secondary N) is 1. The zero-order valence-electron chi connectivity index (χ0n) is 3.97. The minimum absolute atomic E-state index is 0.285. The third kappa shape index (κ3) is 6.27. The van der Waals surface area contributed by atoms with Gasteiger partial charge in [-0.1, -0.05) is 0 Å². The summed E-state index contributed by atoms with van der Waals surface area (Å²) in [5, 5.41) is 10.3. The van der Waals surface area contributed by atoms with Crippen LogP contribution in [0.15, 0.2) is 0 Å². The standard InChI is InChI=1S/C2H8NO3P/c1-3-2-5-7-6-4/h3-4,7H,2H2,1H3. The predicted octanol–water partition coefficient (Wildman–Crippen LogP) is 0.178. The number of hydrogen-bond acceptors (Lipinski definition) is 4. The van der Waals surface area contributed by atoms with Gasteiger partial charge < -0.3 is 4.52 Å². The molecule has 0 amide bonds. The van der Waals surface area contributed by atoms with Gasteiger partial charge in [-0.15, -0.1) is 0 Å². The SMILES string of the molecule is CNCOPOO. The molecule has 0 radical (unpaired) electrons. The van der Waals surface area contributed by atoms with E-state index in [1.54, 1.807) is 7.05 Å². The maximum Gasteiger partial charge on any atom is 0.195 e. The first kappa shape index (κ1) is 7.27. The van der Waals surface area contributed by atoms with Gasteiger partial charge in [0.15, 0.2) is 9.03 Å². The van der Waals surface area contributed by atoms with Crippen molar-refractivity contribution in [2.24, 2.45) is 0 Å². The lowest BCUT2D eigenvalue weighted by atomic mass is 11.2. The molecule has 0 aliphatic carbocycles. The summed E-state index contributed by atoms with van der Waals surface area (Å²) in [6, 6.07) is 0. The molecule has 1 unspecified atom stereocenters. The molecule has 0 saturated heterocycles.